The van der Waals surface area contributed by atoms with Gasteiger partial charge in [0.05, 0.1) is 6.10 Å². The molecule has 2 unspecified atom stereocenters. The van der Waals surface area contributed by atoms with E-state index in [1.54, 1.807) is 0 Å². The van der Waals surface area contributed by atoms with Crippen molar-refractivity contribution in [1.29, 1.82) is 0 Å². The molecule has 0 aromatic heterocycles. The average molecular weight is 289 g/mol. The Morgan fingerprint density at radius 2 is 1.90 bits per heavy atom. The molecular weight excluding hydrogens is 258 g/mol. The minimum atomic E-state index is 0.453. The Balaban J connectivity index is 1.79. The fourth-order valence-electron chi connectivity index (χ4n) is 3.12. The van der Waals surface area contributed by atoms with Gasteiger partial charge in [0.1, 0.15) is 0 Å². The summed E-state index contributed by atoms with van der Waals surface area (Å²) in [5, 5.41) is 3.68. The van der Waals surface area contributed by atoms with Gasteiger partial charge in [0, 0.05) is 18.3 Å². The van der Waals surface area contributed by atoms with Crippen LogP contribution in [0.5, 0.6) is 0 Å². The highest BCUT2D eigenvalue weighted by molar-refractivity contribution is 5.45. The molecule has 1 fully saturated rings. The molecule has 0 radical (unpaired) electrons. The van der Waals surface area contributed by atoms with Crippen molar-refractivity contribution in [2.24, 2.45) is 0 Å². The van der Waals surface area contributed by atoms with Crippen LogP contribution in [-0.2, 0) is 11.2 Å². The highest BCUT2D eigenvalue weighted by Crippen LogP contribution is 2.22. The lowest BCUT2D eigenvalue weighted by Crippen LogP contribution is -2.33. The largest absolute Gasteiger partial charge is 0.382 e. The summed E-state index contributed by atoms with van der Waals surface area (Å²) in [5.74, 6) is 0. The fourth-order valence-corrected chi connectivity index (χ4v) is 3.12. The molecule has 1 aliphatic rings. The predicted molar refractivity (Wildman–Crippen MR) is 91.0 cm³/mol. The van der Waals surface area contributed by atoms with Gasteiger partial charge in [-0.1, -0.05) is 45.2 Å². The molecule has 1 aromatic rings. The quantitative estimate of drug-likeness (QED) is 0.666. The van der Waals surface area contributed by atoms with E-state index in [4.69, 9.17) is 4.74 Å². The van der Waals surface area contributed by atoms with Crippen LogP contribution in [0.3, 0.4) is 0 Å². The first-order valence-electron chi connectivity index (χ1n) is 8.79. The van der Waals surface area contributed by atoms with E-state index in [1.165, 1.54) is 49.8 Å². The maximum atomic E-state index is 5.82. The number of ether oxygens (including phenoxy) is 1. The summed E-state index contributed by atoms with van der Waals surface area (Å²) >= 11 is 0. The summed E-state index contributed by atoms with van der Waals surface area (Å²) in [5.41, 5.74) is 2.72. The Labute approximate surface area is 130 Å². The van der Waals surface area contributed by atoms with Gasteiger partial charge in [-0.2, -0.15) is 0 Å². The van der Waals surface area contributed by atoms with E-state index in [0.717, 1.165) is 19.4 Å². The van der Waals surface area contributed by atoms with Crippen LogP contribution in [0.15, 0.2) is 24.3 Å². The summed E-state index contributed by atoms with van der Waals surface area (Å²) in [4.78, 5) is 0. The topological polar surface area (TPSA) is 21.3 Å². The lowest BCUT2D eigenvalue weighted by molar-refractivity contribution is 0.00598. The smallest absolute Gasteiger partial charge is 0.0594 e. The molecule has 2 atom stereocenters. The highest BCUT2D eigenvalue weighted by atomic mass is 16.5. The zero-order valence-electron chi connectivity index (χ0n) is 13.7. The maximum absolute atomic E-state index is 5.82. The zero-order valence-corrected chi connectivity index (χ0v) is 13.7. The van der Waals surface area contributed by atoms with E-state index in [1.807, 2.05) is 0 Å². The Morgan fingerprint density at radius 1 is 1.10 bits per heavy atom. The van der Waals surface area contributed by atoms with Crippen molar-refractivity contribution < 1.29 is 4.74 Å². The molecule has 1 heterocycles. The van der Waals surface area contributed by atoms with Crippen LogP contribution in [0.4, 0.5) is 5.69 Å². The highest BCUT2D eigenvalue weighted by Gasteiger charge is 2.21. The van der Waals surface area contributed by atoms with Gasteiger partial charge in [-0.05, 0) is 49.8 Å². The summed E-state index contributed by atoms with van der Waals surface area (Å²) in [7, 11) is 0. The molecule has 0 spiro atoms. The summed E-state index contributed by atoms with van der Waals surface area (Å²) in [6, 6.07) is 9.61. The van der Waals surface area contributed by atoms with Crippen molar-refractivity contribution in [2.45, 2.75) is 77.4 Å². The average Bonchev–Trinajstić information content (AvgIpc) is 2.50. The van der Waals surface area contributed by atoms with E-state index in [0.29, 0.717) is 12.1 Å². The molecule has 0 bridgehead atoms. The van der Waals surface area contributed by atoms with Gasteiger partial charge in [0.15, 0.2) is 0 Å². The molecule has 21 heavy (non-hydrogen) atoms. The van der Waals surface area contributed by atoms with E-state index in [9.17, 15) is 0 Å². The summed E-state index contributed by atoms with van der Waals surface area (Å²) < 4.78 is 5.82. The summed E-state index contributed by atoms with van der Waals surface area (Å²) in [6.45, 7) is 5.39. The monoisotopic (exact) mass is 289 g/mol. The lowest BCUT2D eigenvalue weighted by Gasteiger charge is -2.30. The minimum absolute atomic E-state index is 0.453. The van der Waals surface area contributed by atoms with Gasteiger partial charge in [0.2, 0.25) is 0 Å². The molecule has 0 amide bonds. The molecule has 1 aliphatic heterocycles. The molecule has 1 saturated heterocycles. The number of aryl methyl sites for hydroxylation is 1. The first-order valence-corrected chi connectivity index (χ1v) is 8.79. The Morgan fingerprint density at radius 3 is 2.62 bits per heavy atom. The predicted octanol–water partition coefficient (Wildman–Crippen LogP) is 5.18. The number of hydrogen-bond acceptors (Lipinski definition) is 2. The second-order valence-corrected chi connectivity index (χ2v) is 6.30. The number of nitrogens with one attached hydrogen (secondary N) is 1. The van der Waals surface area contributed by atoms with Gasteiger partial charge < -0.3 is 10.1 Å². The third-order valence-electron chi connectivity index (χ3n) is 4.37. The molecule has 2 heteroatoms. The van der Waals surface area contributed by atoms with E-state index >= 15 is 0 Å². The number of benzene rings is 1. The zero-order chi connectivity index (χ0) is 14.9. The number of rotatable bonds is 8. The second-order valence-electron chi connectivity index (χ2n) is 6.30. The maximum Gasteiger partial charge on any atom is 0.0594 e. The van der Waals surface area contributed by atoms with Gasteiger partial charge >= 0.3 is 0 Å². The van der Waals surface area contributed by atoms with Crippen LogP contribution in [0.1, 0.15) is 64.4 Å². The minimum Gasteiger partial charge on any atom is -0.382 e. The van der Waals surface area contributed by atoms with Crippen molar-refractivity contribution in [2.75, 3.05) is 11.9 Å². The van der Waals surface area contributed by atoms with Crippen molar-refractivity contribution in [1.82, 2.24) is 0 Å². The molecule has 2 rings (SSSR count). The van der Waals surface area contributed by atoms with Crippen molar-refractivity contribution in [3.05, 3.63) is 29.8 Å². The third-order valence-corrected chi connectivity index (χ3v) is 4.37. The molecule has 2 nitrogen and oxygen atoms in total. The van der Waals surface area contributed by atoms with Gasteiger partial charge in [0.25, 0.3) is 0 Å². The normalized spacial score (nSPS) is 22.2. The van der Waals surface area contributed by atoms with Crippen LogP contribution in [0.2, 0.25) is 0 Å². The standard InChI is InChI=1S/C19H31NO/c1-3-5-6-8-16-9-11-17(12-10-16)20-18-13-14-21-19(15-18)7-4-2/h9-12,18-20H,3-8,13-15H2,1-2H3. The van der Waals surface area contributed by atoms with Crippen molar-refractivity contribution >= 4 is 5.69 Å². The lowest BCUT2D eigenvalue weighted by atomic mass is 9.99. The van der Waals surface area contributed by atoms with Crippen molar-refractivity contribution in [3.63, 3.8) is 0 Å². The van der Waals surface area contributed by atoms with E-state index in [2.05, 4.69) is 43.4 Å². The summed E-state index contributed by atoms with van der Waals surface area (Å²) in [6.07, 6.45) is 10.3. The molecular formula is C19H31NO. The van der Waals surface area contributed by atoms with Crippen LogP contribution in [0.25, 0.3) is 0 Å². The second kappa shape index (κ2) is 9.09. The van der Waals surface area contributed by atoms with Gasteiger partial charge in [-0.25, -0.2) is 0 Å². The molecule has 1 aromatic carbocycles. The number of hydrogen-bond donors (Lipinski definition) is 1. The van der Waals surface area contributed by atoms with Crippen LogP contribution in [-0.4, -0.2) is 18.8 Å². The number of unbranched alkanes of at least 4 members (excludes halogenated alkanes) is 2. The van der Waals surface area contributed by atoms with Crippen LogP contribution >= 0.6 is 0 Å². The third kappa shape index (κ3) is 5.70. The fraction of sp³-hybridized carbons (Fsp3) is 0.684. The van der Waals surface area contributed by atoms with Crippen LogP contribution < -0.4 is 5.32 Å². The molecule has 1 N–H and O–H groups in total. The first kappa shape index (κ1) is 16.4. The molecule has 0 saturated carbocycles. The van der Waals surface area contributed by atoms with Gasteiger partial charge in [-0.3, -0.25) is 0 Å². The first-order chi connectivity index (χ1) is 10.3. The Hall–Kier alpha value is -1.02. The SMILES string of the molecule is CCCCCc1ccc(NC2CCOC(CCC)C2)cc1. The Bertz CT molecular complexity index is 385. The molecule has 0 aliphatic carbocycles. The van der Waals surface area contributed by atoms with E-state index < -0.39 is 0 Å². The Kier molecular flexibility index (Phi) is 7.08. The van der Waals surface area contributed by atoms with Gasteiger partial charge in [-0.15, -0.1) is 0 Å². The van der Waals surface area contributed by atoms with Crippen molar-refractivity contribution in [3.8, 4) is 0 Å². The van der Waals surface area contributed by atoms with E-state index in [-0.39, 0.29) is 0 Å². The van der Waals surface area contributed by atoms with Crippen LogP contribution in [0, 0.1) is 0 Å². The number of anilines is 1. The molecule has 118 valence electrons.